The van der Waals surface area contributed by atoms with Gasteiger partial charge in [-0.05, 0) is 153 Å². The number of aliphatic hydroxyl groups is 2. The number of esters is 1. The van der Waals surface area contributed by atoms with Crippen LogP contribution in [-0.4, -0.2) is 45.2 Å². The number of hydrogen-bond donors (Lipinski definition) is 3. The molecular weight excluding hydrogens is 901 g/mol. The van der Waals surface area contributed by atoms with Gasteiger partial charge in [0.2, 0.25) is 0 Å². The van der Waals surface area contributed by atoms with Crippen LogP contribution in [0.1, 0.15) is 239 Å². The van der Waals surface area contributed by atoms with Crippen LogP contribution in [0.15, 0.2) is 84.9 Å². The molecule has 3 atom stereocenters. The topological polar surface area (TPSA) is 96.2 Å². The van der Waals surface area contributed by atoms with Crippen molar-refractivity contribution in [2.75, 3.05) is 6.61 Å². The van der Waals surface area contributed by atoms with Crippen LogP contribution in [0.2, 0.25) is 0 Å². The molecule has 0 amide bonds. The lowest BCUT2D eigenvalue weighted by atomic mass is 9.70. The molecule has 402 valence electrons. The smallest absolute Gasteiger partial charge is 0.306 e. The van der Waals surface area contributed by atoms with E-state index in [0.717, 1.165) is 93.1 Å². The van der Waals surface area contributed by atoms with Gasteiger partial charge in [0.15, 0.2) is 0 Å². The number of carbonyl (C=O) groups excluding carboxylic acids is 1. The third-order valence-corrected chi connectivity index (χ3v) is 16.7. The Kier molecular flexibility index (Phi) is 24.6. The molecule has 1 saturated heterocycles. The highest BCUT2D eigenvalue weighted by molar-refractivity contribution is 5.71. The molecule has 73 heavy (non-hydrogen) atoms. The molecule has 6 heteroatoms. The van der Waals surface area contributed by atoms with Gasteiger partial charge in [0.25, 0.3) is 0 Å². The molecule has 0 radical (unpaired) electrons. The maximum absolute atomic E-state index is 11.4. The lowest BCUT2D eigenvalue weighted by Crippen LogP contribution is -2.26. The normalized spacial score (nSPS) is 15.8. The van der Waals surface area contributed by atoms with Crippen LogP contribution < -0.4 is 4.74 Å². The summed E-state index contributed by atoms with van der Waals surface area (Å²) in [6.07, 6.45) is 28.5. The Bertz CT molecular complexity index is 2370. The van der Waals surface area contributed by atoms with Crippen molar-refractivity contribution in [3.63, 3.8) is 0 Å². The van der Waals surface area contributed by atoms with Gasteiger partial charge >= 0.3 is 5.97 Å². The van der Waals surface area contributed by atoms with Gasteiger partial charge in [-0.15, -0.1) is 0 Å². The number of cyclic esters (lactones) is 1. The number of hydrogen-bond acceptors (Lipinski definition) is 6. The fourth-order valence-corrected chi connectivity index (χ4v) is 11.0. The second-order valence-electron chi connectivity index (χ2n) is 21.6. The Labute approximate surface area is 444 Å². The van der Waals surface area contributed by atoms with Crippen LogP contribution in [0.25, 0.3) is 12.2 Å². The van der Waals surface area contributed by atoms with Crippen LogP contribution in [0.3, 0.4) is 0 Å². The van der Waals surface area contributed by atoms with E-state index >= 15 is 0 Å². The molecule has 5 rings (SSSR count). The van der Waals surface area contributed by atoms with Gasteiger partial charge in [0.1, 0.15) is 24.2 Å². The first-order chi connectivity index (χ1) is 34.9. The molecule has 0 bridgehead atoms. The molecule has 3 N–H and O–H groups in total. The van der Waals surface area contributed by atoms with E-state index in [1.54, 1.807) is 0 Å². The van der Waals surface area contributed by atoms with Gasteiger partial charge < -0.3 is 24.8 Å². The highest BCUT2D eigenvalue weighted by atomic mass is 16.6. The number of aryl methyl sites for hydroxylation is 4. The molecule has 4 aromatic rings. The van der Waals surface area contributed by atoms with Crippen molar-refractivity contribution in [2.24, 2.45) is 0 Å². The zero-order chi connectivity index (χ0) is 53.7. The standard InChI is InChI=1S/C36H52O4.C31H46O2/c1-7-11-12-13-14-22-35(38,8-2)23-21-29-15-16-30(24-27(29)5)36(9-3,10-4)31-17-19-33(28(6)25-31)39-26-32-18-20-34(37)40-32;1-7-11-12-13-14-20-30(33,8-2)21-19-26-15-16-27(22-24(26)5)31(9-3,10-4)28-17-18-29(32)25(6)23-28/h15-17,19,21,23-25,32,38H,7-14,18,20,22,26H2,1-6H3;15-19,21-23,32-33H,7-14,20H2,1-6H3/b23-21+;21-19+/t32-,35?;/m0./s1. The zero-order valence-corrected chi connectivity index (χ0v) is 47.7. The predicted molar refractivity (Wildman–Crippen MR) is 309 cm³/mol. The molecule has 6 nitrogen and oxygen atoms in total. The monoisotopic (exact) mass is 999 g/mol. The summed E-state index contributed by atoms with van der Waals surface area (Å²) < 4.78 is 11.3. The summed E-state index contributed by atoms with van der Waals surface area (Å²) in [7, 11) is 0. The van der Waals surface area contributed by atoms with E-state index in [9.17, 15) is 20.1 Å². The summed E-state index contributed by atoms with van der Waals surface area (Å²) in [5.41, 5.74) is 10.3. The molecule has 0 aliphatic carbocycles. The average molecular weight is 1000 g/mol. The van der Waals surface area contributed by atoms with Crippen molar-refractivity contribution >= 4 is 18.1 Å². The Hall–Kier alpha value is -4.65. The lowest BCUT2D eigenvalue weighted by molar-refractivity contribution is -0.142. The minimum atomic E-state index is -0.741. The van der Waals surface area contributed by atoms with E-state index in [1.807, 2.05) is 25.1 Å². The Morgan fingerprint density at radius 3 is 1.32 bits per heavy atom. The number of carbonyl (C=O) groups is 1. The van der Waals surface area contributed by atoms with Crippen molar-refractivity contribution < 1.29 is 29.6 Å². The summed E-state index contributed by atoms with van der Waals surface area (Å²) in [6.45, 7) is 26.4. The van der Waals surface area contributed by atoms with Crippen LogP contribution in [0.5, 0.6) is 11.5 Å². The van der Waals surface area contributed by atoms with E-state index in [2.05, 4.69) is 155 Å². The molecular formula is C67H98O6. The van der Waals surface area contributed by atoms with Gasteiger partial charge in [-0.3, -0.25) is 4.79 Å². The number of unbranched alkanes of at least 4 members (excludes halogenated alkanes) is 8. The second-order valence-corrected chi connectivity index (χ2v) is 21.6. The molecule has 1 aliphatic heterocycles. The predicted octanol–water partition coefficient (Wildman–Crippen LogP) is 17.6. The van der Waals surface area contributed by atoms with Gasteiger partial charge in [-0.2, -0.15) is 0 Å². The number of phenols is 1. The van der Waals surface area contributed by atoms with Gasteiger partial charge in [-0.25, -0.2) is 0 Å². The van der Waals surface area contributed by atoms with Gasteiger partial charge in [0, 0.05) is 17.3 Å². The van der Waals surface area contributed by atoms with Crippen LogP contribution in [0.4, 0.5) is 0 Å². The fraction of sp³-hybridized carbons (Fsp3) is 0.567. The average Bonchev–Trinajstić information content (AvgIpc) is 3.82. The Morgan fingerprint density at radius 2 is 0.945 bits per heavy atom. The summed E-state index contributed by atoms with van der Waals surface area (Å²) >= 11 is 0. The number of ether oxygens (including phenoxy) is 2. The minimum absolute atomic E-state index is 0.0753. The number of rotatable bonds is 29. The van der Waals surface area contributed by atoms with Crippen molar-refractivity contribution in [3.8, 4) is 11.5 Å². The maximum Gasteiger partial charge on any atom is 0.306 e. The number of benzene rings is 4. The van der Waals surface area contributed by atoms with E-state index in [4.69, 9.17) is 9.47 Å². The SMILES string of the molecule is CCCCCCCC(O)(/C=C/c1ccc(C(CC)(CC)c2ccc(O)c(C)c2)cc1C)CC.CCCCCCCC(O)(/C=C/c1ccc(C(CC)(CC)c2ccc(OC[C@@H]3CCC(=O)O3)c(C)c2)cc1C)CC. The van der Waals surface area contributed by atoms with Crippen LogP contribution >= 0.6 is 0 Å². The zero-order valence-electron chi connectivity index (χ0n) is 47.7. The molecule has 2 unspecified atom stereocenters. The van der Waals surface area contributed by atoms with Crippen molar-refractivity contribution in [1.29, 1.82) is 0 Å². The van der Waals surface area contributed by atoms with Gasteiger partial charge in [0.05, 0.1) is 11.2 Å². The summed E-state index contributed by atoms with van der Waals surface area (Å²) in [6, 6.07) is 26.1. The minimum Gasteiger partial charge on any atom is -0.508 e. The van der Waals surface area contributed by atoms with E-state index in [0.29, 0.717) is 18.8 Å². The Morgan fingerprint density at radius 1 is 0.534 bits per heavy atom. The second kappa shape index (κ2) is 29.4. The van der Waals surface area contributed by atoms with Crippen LogP contribution in [0, 0.1) is 27.7 Å². The molecule has 1 fully saturated rings. The van der Waals surface area contributed by atoms with Gasteiger partial charge in [-0.1, -0.05) is 205 Å². The number of phenolic OH excluding ortho intramolecular Hbond substituents is 1. The fourth-order valence-electron chi connectivity index (χ4n) is 11.0. The molecule has 0 spiro atoms. The highest BCUT2D eigenvalue weighted by Crippen LogP contribution is 2.43. The third-order valence-electron chi connectivity index (χ3n) is 16.7. The first kappa shape index (κ1) is 60.9. The van der Waals surface area contributed by atoms with Crippen LogP contribution in [-0.2, 0) is 20.4 Å². The first-order valence-electron chi connectivity index (χ1n) is 28.7. The van der Waals surface area contributed by atoms with Crippen molar-refractivity contribution in [1.82, 2.24) is 0 Å². The molecule has 1 heterocycles. The Balaban J connectivity index is 0.000000323. The van der Waals surface area contributed by atoms with E-state index < -0.39 is 11.2 Å². The van der Waals surface area contributed by atoms with E-state index in [-0.39, 0.29) is 22.9 Å². The lowest BCUT2D eigenvalue weighted by Gasteiger charge is -2.34. The molecule has 0 aromatic heterocycles. The molecule has 0 saturated carbocycles. The maximum atomic E-state index is 11.4. The third kappa shape index (κ3) is 16.7. The summed E-state index contributed by atoms with van der Waals surface area (Å²) in [4.78, 5) is 11.4. The molecule has 4 aromatic carbocycles. The van der Waals surface area contributed by atoms with E-state index in [1.165, 1.54) is 90.3 Å². The van der Waals surface area contributed by atoms with Crippen molar-refractivity contribution in [3.05, 3.63) is 141 Å². The highest BCUT2D eigenvalue weighted by Gasteiger charge is 2.33. The largest absolute Gasteiger partial charge is 0.508 e. The quantitative estimate of drug-likeness (QED) is 0.0370. The number of aromatic hydroxyl groups is 1. The first-order valence-corrected chi connectivity index (χ1v) is 28.7. The summed E-state index contributed by atoms with van der Waals surface area (Å²) in [5.74, 6) is 1.07. The molecule has 1 aliphatic rings. The summed E-state index contributed by atoms with van der Waals surface area (Å²) in [5, 5.41) is 32.3. The van der Waals surface area contributed by atoms with Crippen molar-refractivity contribution in [2.45, 2.75) is 240 Å².